The van der Waals surface area contributed by atoms with Crippen molar-refractivity contribution in [1.29, 1.82) is 5.26 Å². The first-order chi connectivity index (χ1) is 12.5. The summed E-state index contributed by atoms with van der Waals surface area (Å²) in [5, 5.41) is 12.3. The fraction of sp³-hybridized carbons (Fsp3) is 0.263. The number of hydrogen-bond donors (Lipinski definition) is 1. The number of rotatable bonds is 8. The van der Waals surface area contributed by atoms with Gasteiger partial charge in [-0.1, -0.05) is 35.3 Å². The molecule has 0 aromatic heterocycles. The number of carbonyl (C=O) groups is 1. The molecule has 2 rings (SSSR count). The molecular weight excluding hydrogens is 375 g/mol. The van der Waals surface area contributed by atoms with Crippen LogP contribution in [0.1, 0.15) is 24.5 Å². The Labute approximate surface area is 162 Å². The van der Waals surface area contributed by atoms with Crippen LogP contribution in [0.2, 0.25) is 10.0 Å². The van der Waals surface area contributed by atoms with Crippen LogP contribution in [0.15, 0.2) is 36.4 Å². The summed E-state index contributed by atoms with van der Waals surface area (Å²) in [6, 6.07) is 12.4. The van der Waals surface area contributed by atoms with Crippen LogP contribution in [0.4, 0.5) is 0 Å². The molecule has 0 aliphatic heterocycles. The Kier molecular flexibility index (Phi) is 7.58. The number of hydrogen-bond acceptors (Lipinski definition) is 4. The van der Waals surface area contributed by atoms with Crippen molar-refractivity contribution in [3.8, 4) is 17.6 Å². The third kappa shape index (κ3) is 5.83. The molecule has 1 amide bonds. The third-order valence-electron chi connectivity index (χ3n) is 3.44. The van der Waals surface area contributed by atoms with Gasteiger partial charge in [0.1, 0.15) is 13.0 Å². The van der Waals surface area contributed by atoms with Gasteiger partial charge >= 0.3 is 0 Å². The lowest BCUT2D eigenvalue weighted by Crippen LogP contribution is -2.21. The van der Waals surface area contributed by atoms with Gasteiger partial charge in [-0.05, 0) is 36.8 Å². The summed E-state index contributed by atoms with van der Waals surface area (Å²) in [4.78, 5) is 11.4. The SMILES string of the molecule is CCOc1cc(CNC(=O)CC#N)ccc1OCc1ccc(Cl)cc1Cl. The highest BCUT2D eigenvalue weighted by atomic mass is 35.5. The lowest BCUT2D eigenvalue weighted by molar-refractivity contribution is -0.120. The van der Waals surface area contributed by atoms with Gasteiger partial charge in [-0.2, -0.15) is 5.26 Å². The summed E-state index contributed by atoms with van der Waals surface area (Å²) < 4.78 is 11.5. The van der Waals surface area contributed by atoms with Crippen LogP contribution in [0.3, 0.4) is 0 Å². The van der Waals surface area contributed by atoms with Crippen LogP contribution in [0, 0.1) is 11.3 Å². The molecule has 0 aliphatic carbocycles. The average molecular weight is 393 g/mol. The molecule has 0 spiro atoms. The van der Waals surface area contributed by atoms with Crippen LogP contribution in [0.25, 0.3) is 0 Å². The molecule has 0 bridgehead atoms. The first-order valence-corrected chi connectivity index (χ1v) is 8.75. The molecule has 7 heteroatoms. The molecule has 136 valence electrons. The van der Waals surface area contributed by atoms with Crippen LogP contribution in [-0.4, -0.2) is 12.5 Å². The molecule has 0 radical (unpaired) electrons. The normalized spacial score (nSPS) is 10.1. The Morgan fingerprint density at radius 2 is 1.96 bits per heavy atom. The van der Waals surface area contributed by atoms with Crippen molar-refractivity contribution in [3.05, 3.63) is 57.6 Å². The smallest absolute Gasteiger partial charge is 0.234 e. The lowest BCUT2D eigenvalue weighted by atomic mass is 10.2. The minimum atomic E-state index is -0.317. The first kappa shape index (κ1) is 19.9. The Morgan fingerprint density at radius 3 is 2.65 bits per heavy atom. The van der Waals surface area contributed by atoms with Crippen LogP contribution in [0.5, 0.6) is 11.5 Å². The third-order valence-corrected chi connectivity index (χ3v) is 4.02. The van der Waals surface area contributed by atoms with E-state index in [0.29, 0.717) is 34.7 Å². The Bertz CT molecular complexity index is 819. The number of carbonyl (C=O) groups excluding carboxylic acids is 1. The van der Waals surface area contributed by atoms with E-state index in [0.717, 1.165) is 11.1 Å². The number of nitriles is 1. The zero-order valence-corrected chi connectivity index (χ0v) is 15.7. The molecular formula is C19H18Cl2N2O3. The van der Waals surface area contributed by atoms with Gasteiger partial charge in [0.05, 0.1) is 12.7 Å². The van der Waals surface area contributed by atoms with E-state index >= 15 is 0 Å². The van der Waals surface area contributed by atoms with E-state index in [1.165, 1.54) is 0 Å². The predicted octanol–water partition coefficient (Wildman–Crippen LogP) is 4.50. The molecule has 0 saturated heterocycles. The van der Waals surface area contributed by atoms with Crippen molar-refractivity contribution in [2.24, 2.45) is 0 Å². The predicted molar refractivity (Wildman–Crippen MR) is 100 cm³/mol. The highest BCUT2D eigenvalue weighted by molar-refractivity contribution is 6.35. The average Bonchev–Trinajstić information content (AvgIpc) is 2.61. The Balaban J connectivity index is 2.07. The molecule has 1 N–H and O–H groups in total. The lowest BCUT2D eigenvalue weighted by Gasteiger charge is -2.14. The molecule has 2 aromatic carbocycles. The topological polar surface area (TPSA) is 71.3 Å². The fourth-order valence-electron chi connectivity index (χ4n) is 2.18. The van der Waals surface area contributed by atoms with E-state index in [-0.39, 0.29) is 18.9 Å². The molecule has 0 fully saturated rings. The van der Waals surface area contributed by atoms with Gasteiger partial charge in [-0.25, -0.2) is 0 Å². The quantitative estimate of drug-likeness (QED) is 0.717. The van der Waals surface area contributed by atoms with Crippen molar-refractivity contribution >= 4 is 29.1 Å². The fourth-order valence-corrected chi connectivity index (χ4v) is 2.64. The van der Waals surface area contributed by atoms with Gasteiger partial charge in [0.15, 0.2) is 11.5 Å². The van der Waals surface area contributed by atoms with Crippen molar-refractivity contribution in [3.63, 3.8) is 0 Å². The standard InChI is InChI=1S/C19H18Cl2N2O3/c1-2-25-18-9-13(11-23-19(24)7-8-22)3-6-17(18)26-12-14-4-5-15(20)10-16(14)21/h3-6,9-10H,2,7,11-12H2,1H3,(H,23,24). The summed E-state index contributed by atoms with van der Waals surface area (Å²) in [5.41, 5.74) is 1.66. The number of ether oxygens (including phenoxy) is 2. The summed E-state index contributed by atoms with van der Waals surface area (Å²) >= 11 is 12.1. The minimum Gasteiger partial charge on any atom is -0.490 e. The van der Waals surface area contributed by atoms with E-state index in [1.807, 2.05) is 25.1 Å². The molecule has 0 unspecified atom stereocenters. The van der Waals surface area contributed by atoms with E-state index < -0.39 is 0 Å². The summed E-state index contributed by atoms with van der Waals surface area (Å²) in [6.07, 6.45) is -0.165. The van der Waals surface area contributed by atoms with E-state index in [2.05, 4.69) is 5.32 Å². The van der Waals surface area contributed by atoms with Gasteiger partial charge in [-0.15, -0.1) is 0 Å². The number of benzene rings is 2. The minimum absolute atomic E-state index is 0.165. The monoisotopic (exact) mass is 392 g/mol. The van der Waals surface area contributed by atoms with Crippen LogP contribution in [-0.2, 0) is 17.9 Å². The first-order valence-electron chi connectivity index (χ1n) is 7.99. The van der Waals surface area contributed by atoms with Crippen molar-refractivity contribution < 1.29 is 14.3 Å². The Morgan fingerprint density at radius 1 is 1.15 bits per heavy atom. The van der Waals surface area contributed by atoms with Gasteiger partial charge in [0.25, 0.3) is 0 Å². The zero-order chi connectivity index (χ0) is 18.9. The number of nitrogens with one attached hydrogen (secondary N) is 1. The van der Waals surface area contributed by atoms with E-state index in [1.54, 1.807) is 24.3 Å². The van der Waals surface area contributed by atoms with E-state index in [9.17, 15) is 4.79 Å². The molecule has 5 nitrogen and oxygen atoms in total. The second-order valence-electron chi connectivity index (χ2n) is 5.35. The van der Waals surface area contributed by atoms with Gasteiger partial charge in [-0.3, -0.25) is 4.79 Å². The molecule has 0 saturated carbocycles. The van der Waals surface area contributed by atoms with Crippen molar-refractivity contribution in [2.75, 3.05) is 6.61 Å². The summed E-state index contributed by atoms with van der Waals surface area (Å²) in [7, 11) is 0. The summed E-state index contributed by atoms with van der Waals surface area (Å²) in [6.45, 7) is 2.93. The maximum absolute atomic E-state index is 11.4. The van der Waals surface area contributed by atoms with Crippen molar-refractivity contribution in [2.45, 2.75) is 26.5 Å². The largest absolute Gasteiger partial charge is 0.490 e. The number of amides is 1. The van der Waals surface area contributed by atoms with Crippen LogP contribution < -0.4 is 14.8 Å². The summed E-state index contributed by atoms with van der Waals surface area (Å²) in [5.74, 6) is 0.831. The van der Waals surface area contributed by atoms with E-state index in [4.69, 9.17) is 37.9 Å². The maximum atomic E-state index is 11.4. The zero-order valence-electron chi connectivity index (χ0n) is 14.2. The maximum Gasteiger partial charge on any atom is 0.234 e. The van der Waals surface area contributed by atoms with Gasteiger partial charge in [0, 0.05) is 22.2 Å². The Hall–Kier alpha value is -2.42. The van der Waals surface area contributed by atoms with Gasteiger partial charge in [0.2, 0.25) is 5.91 Å². The number of nitrogens with zero attached hydrogens (tertiary/aromatic N) is 1. The van der Waals surface area contributed by atoms with Crippen molar-refractivity contribution in [1.82, 2.24) is 5.32 Å². The molecule has 0 aliphatic rings. The molecule has 2 aromatic rings. The van der Waals surface area contributed by atoms with Gasteiger partial charge < -0.3 is 14.8 Å². The molecule has 0 atom stereocenters. The number of halogens is 2. The highest BCUT2D eigenvalue weighted by Crippen LogP contribution is 2.30. The highest BCUT2D eigenvalue weighted by Gasteiger charge is 2.09. The molecule has 26 heavy (non-hydrogen) atoms. The van der Waals surface area contributed by atoms with Crippen LogP contribution >= 0.6 is 23.2 Å². The second-order valence-corrected chi connectivity index (χ2v) is 6.19. The second kappa shape index (κ2) is 9.91. The molecule has 0 heterocycles.